The van der Waals surface area contributed by atoms with Gasteiger partial charge in [-0.2, -0.15) is 0 Å². The van der Waals surface area contributed by atoms with Crippen LogP contribution in [-0.2, 0) is 20.7 Å². The molecular weight excluding hydrogens is 344 g/mol. The molecule has 27 heavy (non-hydrogen) atoms. The maximum Gasteiger partial charge on any atom is 0.308 e. The van der Waals surface area contributed by atoms with Crippen molar-refractivity contribution in [2.24, 2.45) is 0 Å². The second kappa shape index (κ2) is 8.49. The Morgan fingerprint density at radius 1 is 1.07 bits per heavy atom. The lowest BCUT2D eigenvalue weighted by molar-refractivity contribution is -0.148. The quantitative estimate of drug-likeness (QED) is 0.647. The number of fused-ring (bicyclic) bond motifs is 1. The number of nitrogens with one attached hydrogen (secondary N) is 1. The van der Waals surface area contributed by atoms with Crippen molar-refractivity contribution in [3.63, 3.8) is 0 Å². The van der Waals surface area contributed by atoms with Gasteiger partial charge in [-0.3, -0.25) is 9.59 Å². The lowest BCUT2D eigenvalue weighted by Crippen LogP contribution is -2.32. The van der Waals surface area contributed by atoms with Crippen molar-refractivity contribution in [2.75, 3.05) is 0 Å². The van der Waals surface area contributed by atoms with Crippen molar-refractivity contribution in [2.45, 2.75) is 38.8 Å². The summed E-state index contributed by atoms with van der Waals surface area (Å²) in [4.78, 5) is 24.7. The summed E-state index contributed by atoms with van der Waals surface area (Å²) < 4.78 is 10.5. The zero-order valence-corrected chi connectivity index (χ0v) is 15.3. The number of rotatable bonds is 7. The number of carbonyl (C=O) groups is 2. The number of nitrogens with zero attached hydrogens (tertiary/aromatic N) is 1. The lowest BCUT2D eigenvalue weighted by atomic mass is 10.0. The molecule has 6 heteroatoms. The van der Waals surface area contributed by atoms with Crippen molar-refractivity contribution in [1.29, 1.82) is 0 Å². The molecule has 1 unspecified atom stereocenters. The SMILES string of the molecule is CC(C)OC(=O)CC(NC(=O)Cc1noc2ccccc12)c1ccccc1. The van der Waals surface area contributed by atoms with Crippen LogP contribution in [0.1, 0.15) is 37.6 Å². The molecule has 140 valence electrons. The molecule has 1 amide bonds. The number of aromatic nitrogens is 1. The van der Waals surface area contributed by atoms with Crippen LogP contribution in [0.2, 0.25) is 0 Å². The summed E-state index contributed by atoms with van der Waals surface area (Å²) >= 11 is 0. The second-order valence-electron chi connectivity index (χ2n) is 6.58. The Kier molecular flexibility index (Phi) is 5.86. The van der Waals surface area contributed by atoms with Crippen LogP contribution in [-0.4, -0.2) is 23.1 Å². The van der Waals surface area contributed by atoms with E-state index in [0.29, 0.717) is 11.3 Å². The smallest absolute Gasteiger partial charge is 0.308 e. The van der Waals surface area contributed by atoms with Crippen LogP contribution in [0.3, 0.4) is 0 Å². The fraction of sp³-hybridized carbons (Fsp3) is 0.286. The first-order valence-electron chi connectivity index (χ1n) is 8.90. The molecular formula is C21H22N2O4. The van der Waals surface area contributed by atoms with Gasteiger partial charge in [0.1, 0.15) is 5.69 Å². The van der Waals surface area contributed by atoms with Gasteiger partial charge >= 0.3 is 5.97 Å². The molecule has 3 aromatic rings. The number of amides is 1. The van der Waals surface area contributed by atoms with Crippen LogP contribution in [0, 0.1) is 0 Å². The summed E-state index contributed by atoms with van der Waals surface area (Å²) in [5.41, 5.74) is 2.05. The lowest BCUT2D eigenvalue weighted by Gasteiger charge is -2.19. The predicted molar refractivity (Wildman–Crippen MR) is 101 cm³/mol. The molecule has 0 saturated heterocycles. The number of hydrogen-bond donors (Lipinski definition) is 1. The zero-order chi connectivity index (χ0) is 19.2. The van der Waals surface area contributed by atoms with E-state index in [-0.39, 0.29) is 30.8 Å². The third-order valence-electron chi connectivity index (χ3n) is 4.06. The van der Waals surface area contributed by atoms with Gasteiger partial charge in [0.15, 0.2) is 5.58 Å². The fourth-order valence-electron chi connectivity index (χ4n) is 2.88. The van der Waals surface area contributed by atoms with Crippen molar-refractivity contribution in [1.82, 2.24) is 10.5 Å². The highest BCUT2D eigenvalue weighted by Gasteiger charge is 2.21. The number of esters is 1. The minimum absolute atomic E-state index is 0.0630. The van der Waals surface area contributed by atoms with Crippen LogP contribution >= 0.6 is 0 Å². The normalized spacial score (nSPS) is 12.1. The van der Waals surface area contributed by atoms with Crippen LogP contribution in [0.15, 0.2) is 59.1 Å². The molecule has 1 aromatic heterocycles. The summed E-state index contributed by atoms with van der Waals surface area (Å²) in [6.07, 6.45) is -0.0707. The third-order valence-corrected chi connectivity index (χ3v) is 4.06. The molecule has 0 aliphatic heterocycles. The van der Waals surface area contributed by atoms with Crippen LogP contribution in [0.25, 0.3) is 11.0 Å². The molecule has 0 bridgehead atoms. The standard InChI is InChI=1S/C21H22N2O4/c1-14(2)26-21(25)13-17(15-8-4-3-5-9-15)22-20(24)12-18-16-10-6-7-11-19(16)27-23-18/h3-11,14,17H,12-13H2,1-2H3,(H,22,24). The molecule has 1 heterocycles. The Morgan fingerprint density at radius 3 is 2.52 bits per heavy atom. The Morgan fingerprint density at radius 2 is 1.78 bits per heavy atom. The molecule has 6 nitrogen and oxygen atoms in total. The number of para-hydroxylation sites is 1. The monoisotopic (exact) mass is 366 g/mol. The van der Waals surface area contributed by atoms with Crippen molar-refractivity contribution >= 4 is 22.8 Å². The largest absolute Gasteiger partial charge is 0.463 e. The molecule has 3 rings (SSSR count). The minimum atomic E-state index is -0.469. The first kappa shape index (κ1) is 18.6. The van der Waals surface area contributed by atoms with E-state index in [0.717, 1.165) is 10.9 Å². The van der Waals surface area contributed by atoms with Gasteiger partial charge < -0.3 is 14.6 Å². The molecule has 0 aliphatic carbocycles. The van der Waals surface area contributed by atoms with Gasteiger partial charge in [-0.15, -0.1) is 0 Å². The molecule has 2 aromatic carbocycles. The van der Waals surface area contributed by atoms with E-state index in [1.54, 1.807) is 19.9 Å². The summed E-state index contributed by atoms with van der Waals surface area (Å²) in [6.45, 7) is 3.59. The molecule has 1 N–H and O–H groups in total. The number of hydrogen-bond acceptors (Lipinski definition) is 5. The summed E-state index contributed by atoms with van der Waals surface area (Å²) in [6, 6.07) is 16.3. The Hall–Kier alpha value is -3.15. The predicted octanol–water partition coefficient (Wildman–Crippen LogP) is 3.57. The molecule has 0 radical (unpaired) electrons. The van der Waals surface area contributed by atoms with E-state index in [4.69, 9.17) is 9.26 Å². The number of ether oxygens (including phenoxy) is 1. The van der Waals surface area contributed by atoms with E-state index in [9.17, 15) is 9.59 Å². The Balaban J connectivity index is 1.72. The minimum Gasteiger partial charge on any atom is -0.463 e. The average molecular weight is 366 g/mol. The van der Waals surface area contributed by atoms with Gasteiger partial charge in [0, 0.05) is 5.39 Å². The van der Waals surface area contributed by atoms with Gasteiger partial charge in [0.05, 0.1) is 25.0 Å². The molecule has 0 spiro atoms. The molecule has 1 atom stereocenters. The topological polar surface area (TPSA) is 81.4 Å². The number of carbonyl (C=O) groups excluding carboxylic acids is 2. The second-order valence-corrected chi connectivity index (χ2v) is 6.58. The zero-order valence-electron chi connectivity index (χ0n) is 15.3. The summed E-state index contributed by atoms with van der Waals surface area (Å²) in [7, 11) is 0. The molecule has 0 fully saturated rings. The van der Waals surface area contributed by atoms with E-state index < -0.39 is 6.04 Å². The number of benzene rings is 2. The van der Waals surface area contributed by atoms with Crippen LogP contribution in [0.4, 0.5) is 0 Å². The van der Waals surface area contributed by atoms with E-state index >= 15 is 0 Å². The Labute approximate surface area is 157 Å². The Bertz CT molecular complexity index is 918. The van der Waals surface area contributed by atoms with Crippen molar-refractivity contribution in [3.8, 4) is 0 Å². The van der Waals surface area contributed by atoms with Crippen molar-refractivity contribution < 1.29 is 18.8 Å². The average Bonchev–Trinajstić information content (AvgIpc) is 3.04. The molecule has 0 saturated carbocycles. The van der Waals surface area contributed by atoms with Gasteiger partial charge in [-0.05, 0) is 31.5 Å². The van der Waals surface area contributed by atoms with E-state index in [2.05, 4.69) is 10.5 Å². The maximum absolute atomic E-state index is 12.6. The third kappa shape index (κ3) is 4.94. The van der Waals surface area contributed by atoms with Gasteiger partial charge in [-0.25, -0.2) is 0 Å². The maximum atomic E-state index is 12.6. The highest BCUT2D eigenvalue weighted by Crippen LogP contribution is 2.20. The highest BCUT2D eigenvalue weighted by atomic mass is 16.5. The first-order valence-corrected chi connectivity index (χ1v) is 8.90. The van der Waals surface area contributed by atoms with Gasteiger partial charge in [-0.1, -0.05) is 47.6 Å². The summed E-state index contributed by atoms with van der Waals surface area (Å²) in [5, 5.41) is 7.72. The highest BCUT2D eigenvalue weighted by molar-refractivity contribution is 5.86. The summed E-state index contributed by atoms with van der Waals surface area (Å²) in [5.74, 6) is -0.591. The van der Waals surface area contributed by atoms with Crippen LogP contribution in [0.5, 0.6) is 0 Å². The van der Waals surface area contributed by atoms with E-state index in [1.165, 1.54) is 0 Å². The fourth-order valence-corrected chi connectivity index (χ4v) is 2.88. The van der Waals surface area contributed by atoms with Crippen LogP contribution < -0.4 is 5.32 Å². The molecule has 0 aliphatic rings. The van der Waals surface area contributed by atoms with E-state index in [1.807, 2.05) is 48.5 Å². The van der Waals surface area contributed by atoms with Gasteiger partial charge in [0.25, 0.3) is 0 Å². The van der Waals surface area contributed by atoms with Crippen molar-refractivity contribution in [3.05, 3.63) is 65.9 Å². The van der Waals surface area contributed by atoms with Gasteiger partial charge in [0.2, 0.25) is 5.91 Å². The first-order chi connectivity index (χ1) is 13.0.